The maximum absolute atomic E-state index is 11.4. The second-order valence-electron chi connectivity index (χ2n) is 3.78. The van der Waals surface area contributed by atoms with Gasteiger partial charge in [0.2, 0.25) is 5.91 Å². The smallest absolute Gasteiger partial charge is 0.237 e. The molecule has 1 rings (SSSR count). The second kappa shape index (κ2) is 3.90. The average molecular weight is 170 g/mol. The molecule has 0 heterocycles. The minimum Gasteiger partial charge on any atom is -0.352 e. The van der Waals surface area contributed by atoms with Crippen LogP contribution in [0.15, 0.2) is 0 Å². The molecule has 0 aromatic rings. The molecule has 1 amide bonds. The van der Waals surface area contributed by atoms with Crippen LogP contribution in [0.4, 0.5) is 0 Å². The van der Waals surface area contributed by atoms with Crippen molar-refractivity contribution in [2.75, 3.05) is 14.1 Å². The van der Waals surface area contributed by atoms with Crippen LogP contribution in [0.5, 0.6) is 0 Å². The molecule has 3 nitrogen and oxygen atoms in total. The molecule has 1 fully saturated rings. The van der Waals surface area contributed by atoms with E-state index in [9.17, 15) is 4.79 Å². The van der Waals surface area contributed by atoms with Crippen molar-refractivity contribution in [1.82, 2.24) is 10.2 Å². The molecule has 1 aliphatic carbocycles. The Hall–Kier alpha value is -0.570. The van der Waals surface area contributed by atoms with Crippen molar-refractivity contribution in [3.8, 4) is 0 Å². The molecule has 1 saturated carbocycles. The van der Waals surface area contributed by atoms with Gasteiger partial charge in [0, 0.05) is 6.04 Å². The van der Waals surface area contributed by atoms with Gasteiger partial charge in [-0.3, -0.25) is 9.69 Å². The lowest BCUT2D eigenvalue weighted by molar-refractivity contribution is -0.126. The Morgan fingerprint density at radius 1 is 1.50 bits per heavy atom. The average Bonchev–Trinajstić information content (AvgIpc) is 1.94. The van der Waals surface area contributed by atoms with Gasteiger partial charge in [0.15, 0.2) is 0 Å². The largest absolute Gasteiger partial charge is 0.352 e. The van der Waals surface area contributed by atoms with Gasteiger partial charge in [-0.25, -0.2) is 0 Å². The summed E-state index contributed by atoms with van der Waals surface area (Å²) in [6.07, 6.45) is 3.58. The van der Waals surface area contributed by atoms with E-state index < -0.39 is 0 Å². The Labute approximate surface area is 74.1 Å². The Morgan fingerprint density at radius 3 is 2.42 bits per heavy atom. The summed E-state index contributed by atoms with van der Waals surface area (Å²) < 4.78 is 0. The van der Waals surface area contributed by atoms with Gasteiger partial charge >= 0.3 is 0 Å². The van der Waals surface area contributed by atoms with Crippen LogP contribution in [0.1, 0.15) is 26.2 Å². The first kappa shape index (κ1) is 9.52. The highest BCUT2D eigenvalue weighted by Gasteiger charge is 2.22. The van der Waals surface area contributed by atoms with Gasteiger partial charge < -0.3 is 5.32 Å². The highest BCUT2D eigenvalue weighted by Crippen LogP contribution is 2.18. The van der Waals surface area contributed by atoms with E-state index in [-0.39, 0.29) is 11.9 Å². The maximum atomic E-state index is 11.4. The fraction of sp³-hybridized carbons (Fsp3) is 0.889. The van der Waals surface area contributed by atoms with Crippen LogP contribution in [0.25, 0.3) is 0 Å². The van der Waals surface area contributed by atoms with Gasteiger partial charge in [0.1, 0.15) is 0 Å². The molecule has 0 unspecified atom stereocenters. The van der Waals surface area contributed by atoms with Crippen LogP contribution in [0.3, 0.4) is 0 Å². The van der Waals surface area contributed by atoms with E-state index in [1.807, 2.05) is 25.9 Å². The van der Waals surface area contributed by atoms with E-state index in [2.05, 4.69) is 5.32 Å². The predicted molar refractivity (Wildman–Crippen MR) is 48.9 cm³/mol. The Bertz CT molecular complexity index is 164. The topological polar surface area (TPSA) is 32.3 Å². The van der Waals surface area contributed by atoms with E-state index in [0.29, 0.717) is 6.04 Å². The number of amides is 1. The number of hydrogen-bond donors (Lipinski definition) is 1. The number of nitrogens with zero attached hydrogens (tertiary/aromatic N) is 1. The first-order chi connectivity index (χ1) is 5.61. The van der Waals surface area contributed by atoms with E-state index in [4.69, 9.17) is 0 Å². The molecular formula is C9H18N2O. The predicted octanol–water partition coefficient (Wildman–Crippen LogP) is 0.605. The summed E-state index contributed by atoms with van der Waals surface area (Å²) >= 11 is 0. The summed E-state index contributed by atoms with van der Waals surface area (Å²) in [5.41, 5.74) is 0. The Balaban J connectivity index is 2.26. The van der Waals surface area contributed by atoms with Crippen molar-refractivity contribution in [3.05, 3.63) is 0 Å². The molecule has 0 aromatic heterocycles. The second-order valence-corrected chi connectivity index (χ2v) is 3.78. The molecule has 0 aromatic carbocycles. The quantitative estimate of drug-likeness (QED) is 0.673. The van der Waals surface area contributed by atoms with E-state index in [0.717, 1.165) is 12.8 Å². The van der Waals surface area contributed by atoms with Crippen molar-refractivity contribution in [2.45, 2.75) is 38.3 Å². The molecule has 1 aliphatic rings. The molecule has 0 radical (unpaired) electrons. The van der Waals surface area contributed by atoms with Crippen molar-refractivity contribution < 1.29 is 4.79 Å². The molecule has 0 saturated heterocycles. The lowest BCUT2D eigenvalue weighted by Crippen LogP contribution is -2.47. The molecule has 1 N–H and O–H groups in total. The number of carbonyl (C=O) groups is 1. The van der Waals surface area contributed by atoms with Crippen LogP contribution < -0.4 is 5.32 Å². The Kier molecular flexibility index (Phi) is 3.09. The highest BCUT2D eigenvalue weighted by molar-refractivity contribution is 5.81. The summed E-state index contributed by atoms with van der Waals surface area (Å²) in [6.45, 7) is 1.92. The van der Waals surface area contributed by atoms with Gasteiger partial charge in [0.25, 0.3) is 0 Å². The minimum absolute atomic E-state index is 0.00870. The lowest BCUT2D eigenvalue weighted by atomic mass is 9.93. The number of hydrogen-bond acceptors (Lipinski definition) is 2. The van der Waals surface area contributed by atoms with Crippen LogP contribution in [-0.4, -0.2) is 37.0 Å². The zero-order valence-corrected chi connectivity index (χ0v) is 8.13. The molecular weight excluding hydrogens is 152 g/mol. The van der Waals surface area contributed by atoms with Crippen molar-refractivity contribution in [3.63, 3.8) is 0 Å². The fourth-order valence-corrected chi connectivity index (χ4v) is 1.11. The zero-order valence-electron chi connectivity index (χ0n) is 8.13. The SMILES string of the molecule is C[C@@H](C(=O)NC1CCC1)N(C)C. The monoisotopic (exact) mass is 170 g/mol. The molecule has 12 heavy (non-hydrogen) atoms. The van der Waals surface area contributed by atoms with Crippen LogP contribution in [-0.2, 0) is 4.79 Å². The number of nitrogens with one attached hydrogen (secondary N) is 1. The number of likely N-dealkylation sites (N-methyl/N-ethyl adjacent to an activating group) is 1. The summed E-state index contributed by atoms with van der Waals surface area (Å²) in [4.78, 5) is 13.4. The Morgan fingerprint density at radius 2 is 2.08 bits per heavy atom. The molecule has 0 bridgehead atoms. The summed E-state index contributed by atoms with van der Waals surface area (Å²) in [5, 5.41) is 3.02. The van der Waals surface area contributed by atoms with E-state index >= 15 is 0 Å². The summed E-state index contributed by atoms with van der Waals surface area (Å²) in [6, 6.07) is 0.450. The standard InChI is InChI=1S/C9H18N2O/c1-7(11(2)3)9(12)10-8-5-4-6-8/h7-8H,4-6H2,1-3H3,(H,10,12)/t7-/m0/s1. The van der Waals surface area contributed by atoms with Gasteiger partial charge in [0.05, 0.1) is 6.04 Å². The number of carbonyl (C=O) groups excluding carboxylic acids is 1. The summed E-state index contributed by atoms with van der Waals surface area (Å²) in [5.74, 6) is 0.157. The molecule has 70 valence electrons. The van der Waals surface area contributed by atoms with Crippen molar-refractivity contribution >= 4 is 5.91 Å². The summed E-state index contributed by atoms with van der Waals surface area (Å²) in [7, 11) is 3.84. The van der Waals surface area contributed by atoms with Crippen molar-refractivity contribution in [2.24, 2.45) is 0 Å². The highest BCUT2D eigenvalue weighted by atomic mass is 16.2. The molecule has 0 aliphatic heterocycles. The normalized spacial score (nSPS) is 20.3. The maximum Gasteiger partial charge on any atom is 0.237 e. The first-order valence-electron chi connectivity index (χ1n) is 4.58. The van der Waals surface area contributed by atoms with Gasteiger partial charge in [-0.05, 0) is 40.3 Å². The van der Waals surface area contributed by atoms with Crippen LogP contribution >= 0.6 is 0 Å². The van der Waals surface area contributed by atoms with E-state index in [1.54, 1.807) is 0 Å². The third-order valence-electron chi connectivity index (χ3n) is 2.61. The molecule has 0 spiro atoms. The van der Waals surface area contributed by atoms with E-state index in [1.165, 1.54) is 6.42 Å². The molecule has 1 atom stereocenters. The lowest BCUT2D eigenvalue weighted by Gasteiger charge is -2.29. The zero-order chi connectivity index (χ0) is 9.14. The van der Waals surface area contributed by atoms with Gasteiger partial charge in [-0.2, -0.15) is 0 Å². The third kappa shape index (κ3) is 2.21. The fourth-order valence-electron chi connectivity index (χ4n) is 1.11. The minimum atomic E-state index is -0.00870. The molecule has 3 heteroatoms. The van der Waals surface area contributed by atoms with Crippen molar-refractivity contribution in [1.29, 1.82) is 0 Å². The van der Waals surface area contributed by atoms with Gasteiger partial charge in [-0.1, -0.05) is 0 Å². The van der Waals surface area contributed by atoms with Gasteiger partial charge in [-0.15, -0.1) is 0 Å². The van der Waals surface area contributed by atoms with Crippen LogP contribution in [0, 0.1) is 0 Å². The number of rotatable bonds is 3. The first-order valence-corrected chi connectivity index (χ1v) is 4.58. The van der Waals surface area contributed by atoms with Crippen LogP contribution in [0.2, 0.25) is 0 Å². The third-order valence-corrected chi connectivity index (χ3v) is 2.61.